The molecule has 0 atom stereocenters. The van der Waals surface area contributed by atoms with Gasteiger partial charge in [0, 0.05) is 5.69 Å². The molecule has 0 fully saturated rings. The molecule has 0 radical (unpaired) electrons. The van der Waals surface area contributed by atoms with Gasteiger partial charge in [-0.2, -0.15) is 0 Å². The van der Waals surface area contributed by atoms with E-state index in [-0.39, 0.29) is 17.2 Å². The van der Waals surface area contributed by atoms with Gasteiger partial charge in [0.1, 0.15) is 0 Å². The third-order valence-corrected chi connectivity index (χ3v) is 5.46. The molecule has 0 unspecified atom stereocenters. The van der Waals surface area contributed by atoms with Crippen LogP contribution >= 0.6 is 23.4 Å². The molecule has 1 amide bonds. The summed E-state index contributed by atoms with van der Waals surface area (Å²) < 4.78 is 7.21. The highest BCUT2D eigenvalue weighted by molar-refractivity contribution is 7.99. The van der Waals surface area contributed by atoms with Gasteiger partial charge in [-0.1, -0.05) is 35.5 Å². The van der Waals surface area contributed by atoms with Gasteiger partial charge in [0.05, 0.1) is 28.3 Å². The molecule has 10 heteroatoms. The number of nitrogens with zero attached hydrogens (tertiary/aromatic N) is 3. The molecular weight excluding hydrogens is 440 g/mol. The monoisotopic (exact) mass is 454 g/mol. The summed E-state index contributed by atoms with van der Waals surface area (Å²) in [5, 5.41) is 21.1. The van der Waals surface area contributed by atoms with Gasteiger partial charge < -0.3 is 14.8 Å². The van der Waals surface area contributed by atoms with Gasteiger partial charge in [-0.3, -0.25) is 9.36 Å². The first kappa shape index (κ1) is 20.7. The molecular formula is C21H15ClN4O4S. The molecule has 0 bridgehead atoms. The molecule has 0 spiro atoms. The molecule has 8 nitrogen and oxygen atoms in total. The molecule has 2 heterocycles. The number of carbonyl (C=O) groups is 2. The number of amides is 1. The molecule has 2 aromatic heterocycles. The van der Waals surface area contributed by atoms with Crippen molar-refractivity contribution >= 4 is 40.9 Å². The van der Waals surface area contributed by atoms with Crippen molar-refractivity contribution in [3.05, 3.63) is 77.5 Å². The first-order chi connectivity index (χ1) is 15.0. The van der Waals surface area contributed by atoms with Gasteiger partial charge in [-0.05, 0) is 48.5 Å². The molecule has 4 rings (SSSR count). The fraction of sp³-hybridized carbons (Fsp3) is 0.0476. The van der Waals surface area contributed by atoms with Crippen LogP contribution in [-0.2, 0) is 4.79 Å². The van der Waals surface area contributed by atoms with E-state index < -0.39 is 5.97 Å². The van der Waals surface area contributed by atoms with Crippen LogP contribution in [0.4, 0.5) is 5.69 Å². The van der Waals surface area contributed by atoms with Gasteiger partial charge >= 0.3 is 5.97 Å². The second-order valence-corrected chi connectivity index (χ2v) is 7.64. The Kier molecular flexibility index (Phi) is 6.06. The number of carbonyl (C=O) groups excluding carboxylic acids is 1. The third-order valence-electron chi connectivity index (χ3n) is 4.22. The van der Waals surface area contributed by atoms with Crippen LogP contribution in [0, 0.1) is 0 Å². The van der Waals surface area contributed by atoms with Crippen LogP contribution < -0.4 is 5.32 Å². The zero-order valence-electron chi connectivity index (χ0n) is 15.9. The highest BCUT2D eigenvalue weighted by Crippen LogP contribution is 2.31. The van der Waals surface area contributed by atoms with Crippen molar-refractivity contribution < 1.29 is 19.1 Å². The van der Waals surface area contributed by atoms with Crippen LogP contribution in [0.15, 0.2) is 76.5 Å². The predicted molar refractivity (Wildman–Crippen MR) is 117 cm³/mol. The Balaban J connectivity index is 1.54. The number of carboxylic acids is 1. The lowest BCUT2D eigenvalue weighted by Gasteiger charge is -2.11. The number of halogens is 1. The van der Waals surface area contributed by atoms with Crippen molar-refractivity contribution in [3.63, 3.8) is 0 Å². The second-order valence-electron chi connectivity index (χ2n) is 6.29. The molecule has 2 N–H and O–H groups in total. The number of carboxylic acid groups (broad SMARTS) is 1. The van der Waals surface area contributed by atoms with E-state index in [2.05, 4.69) is 15.5 Å². The Labute approximate surface area is 185 Å². The van der Waals surface area contributed by atoms with Gasteiger partial charge in [0.25, 0.3) is 0 Å². The molecule has 2 aromatic carbocycles. The number of para-hydroxylation sites is 1. The van der Waals surface area contributed by atoms with Gasteiger partial charge in [-0.25, -0.2) is 4.79 Å². The molecule has 0 aliphatic rings. The number of hydrogen-bond donors (Lipinski definition) is 2. The standard InChI is InChI=1S/C21H15ClN4O4S/c22-15-4-1-2-5-16(15)26-19(17-6-3-11-30-17)24-25-21(26)31-12-18(27)23-14-9-7-13(8-10-14)20(28)29/h1-11H,12H2,(H,23,27)(H,28,29). The lowest BCUT2D eigenvalue weighted by atomic mass is 10.2. The van der Waals surface area contributed by atoms with Crippen LogP contribution in [0.25, 0.3) is 17.3 Å². The van der Waals surface area contributed by atoms with Crippen molar-refractivity contribution in [2.75, 3.05) is 11.1 Å². The summed E-state index contributed by atoms with van der Waals surface area (Å²) in [4.78, 5) is 23.3. The quantitative estimate of drug-likeness (QED) is 0.392. The van der Waals surface area contributed by atoms with Crippen molar-refractivity contribution in [2.24, 2.45) is 0 Å². The summed E-state index contributed by atoms with van der Waals surface area (Å²) in [5.74, 6) is -0.268. The van der Waals surface area contributed by atoms with Crippen LogP contribution in [0.1, 0.15) is 10.4 Å². The number of anilines is 1. The molecule has 0 aliphatic carbocycles. The molecule has 0 saturated carbocycles. The Hall–Kier alpha value is -3.56. The lowest BCUT2D eigenvalue weighted by molar-refractivity contribution is -0.113. The van der Waals surface area contributed by atoms with Crippen LogP contribution in [0.3, 0.4) is 0 Å². The van der Waals surface area contributed by atoms with E-state index in [0.29, 0.717) is 33.1 Å². The summed E-state index contributed by atoms with van der Waals surface area (Å²) >= 11 is 7.58. The van der Waals surface area contributed by atoms with Crippen LogP contribution in [0.2, 0.25) is 5.02 Å². The normalized spacial score (nSPS) is 10.7. The van der Waals surface area contributed by atoms with E-state index in [0.717, 1.165) is 0 Å². The number of rotatable bonds is 7. The van der Waals surface area contributed by atoms with E-state index in [4.69, 9.17) is 21.1 Å². The second kappa shape index (κ2) is 9.07. The number of nitrogens with one attached hydrogen (secondary N) is 1. The highest BCUT2D eigenvalue weighted by Gasteiger charge is 2.20. The Morgan fingerprint density at radius 1 is 1.06 bits per heavy atom. The average molecular weight is 455 g/mol. The number of aromatic nitrogens is 3. The minimum absolute atomic E-state index is 0.0570. The van der Waals surface area contributed by atoms with Gasteiger partial charge in [0.2, 0.25) is 11.7 Å². The molecule has 156 valence electrons. The van der Waals surface area contributed by atoms with Crippen molar-refractivity contribution in [1.29, 1.82) is 0 Å². The molecule has 31 heavy (non-hydrogen) atoms. The number of aromatic carboxylic acids is 1. The fourth-order valence-electron chi connectivity index (χ4n) is 2.80. The number of thioether (sulfide) groups is 1. The smallest absolute Gasteiger partial charge is 0.335 e. The number of hydrogen-bond acceptors (Lipinski definition) is 6. The Bertz CT molecular complexity index is 1220. The van der Waals surface area contributed by atoms with Crippen LogP contribution in [0.5, 0.6) is 0 Å². The largest absolute Gasteiger partial charge is 0.478 e. The summed E-state index contributed by atoms with van der Waals surface area (Å²) in [5.41, 5.74) is 1.30. The van der Waals surface area contributed by atoms with Crippen LogP contribution in [-0.4, -0.2) is 37.5 Å². The minimum atomic E-state index is -1.03. The third kappa shape index (κ3) is 4.62. The SMILES string of the molecule is O=C(CSc1nnc(-c2ccco2)n1-c1ccccc1Cl)Nc1ccc(C(=O)O)cc1. The van der Waals surface area contributed by atoms with E-state index in [9.17, 15) is 9.59 Å². The van der Waals surface area contributed by atoms with Gasteiger partial charge in [-0.15, -0.1) is 10.2 Å². The first-order valence-electron chi connectivity index (χ1n) is 9.03. The molecule has 4 aromatic rings. The maximum atomic E-state index is 12.4. The maximum Gasteiger partial charge on any atom is 0.335 e. The first-order valence-corrected chi connectivity index (χ1v) is 10.4. The molecule has 0 aliphatic heterocycles. The van der Waals surface area contributed by atoms with E-state index in [1.54, 1.807) is 22.8 Å². The van der Waals surface area contributed by atoms with Gasteiger partial charge in [0.15, 0.2) is 10.9 Å². The topological polar surface area (TPSA) is 110 Å². The fourth-order valence-corrected chi connectivity index (χ4v) is 3.77. The zero-order chi connectivity index (χ0) is 21.8. The lowest BCUT2D eigenvalue weighted by Crippen LogP contribution is -2.14. The Morgan fingerprint density at radius 2 is 1.84 bits per heavy atom. The summed E-state index contributed by atoms with van der Waals surface area (Å²) in [6.45, 7) is 0. The Morgan fingerprint density at radius 3 is 2.52 bits per heavy atom. The predicted octanol–water partition coefficient (Wildman–Crippen LogP) is 4.61. The summed E-state index contributed by atoms with van der Waals surface area (Å²) in [6, 6.07) is 16.7. The van der Waals surface area contributed by atoms with E-state index in [1.807, 2.05) is 18.2 Å². The van der Waals surface area contributed by atoms with Crippen molar-refractivity contribution in [3.8, 4) is 17.3 Å². The maximum absolute atomic E-state index is 12.4. The van der Waals surface area contributed by atoms with Crippen molar-refractivity contribution in [2.45, 2.75) is 5.16 Å². The van der Waals surface area contributed by atoms with E-state index in [1.165, 1.54) is 42.3 Å². The van der Waals surface area contributed by atoms with Crippen molar-refractivity contribution in [1.82, 2.24) is 14.8 Å². The minimum Gasteiger partial charge on any atom is -0.478 e. The molecule has 0 saturated heterocycles. The zero-order valence-corrected chi connectivity index (χ0v) is 17.4. The highest BCUT2D eigenvalue weighted by atomic mass is 35.5. The average Bonchev–Trinajstić information content (AvgIpc) is 3.43. The summed E-state index contributed by atoms with van der Waals surface area (Å²) in [7, 11) is 0. The summed E-state index contributed by atoms with van der Waals surface area (Å²) in [6.07, 6.45) is 1.54. The van der Waals surface area contributed by atoms with E-state index >= 15 is 0 Å². The number of benzene rings is 2. The number of furan rings is 1.